The van der Waals surface area contributed by atoms with Crippen LogP contribution in [0, 0.1) is 11.8 Å². The van der Waals surface area contributed by atoms with Crippen LogP contribution in [0.5, 0.6) is 0 Å². The van der Waals surface area contributed by atoms with Crippen LogP contribution < -0.4 is 0 Å². The summed E-state index contributed by atoms with van der Waals surface area (Å²) in [5, 5.41) is 2.20. The summed E-state index contributed by atoms with van der Waals surface area (Å²) < 4.78 is 13.3. The molecule has 30 heavy (non-hydrogen) atoms. The van der Waals surface area contributed by atoms with Crippen molar-refractivity contribution in [3.05, 3.63) is 28.5 Å². The number of unbranched alkanes of at least 4 members (excludes halogenated alkanes) is 2. The summed E-state index contributed by atoms with van der Waals surface area (Å²) in [6, 6.07) is 3.91. The van der Waals surface area contributed by atoms with Crippen LogP contribution in [0.2, 0.25) is 5.15 Å². The first-order valence-electron chi connectivity index (χ1n) is 9.85. The van der Waals surface area contributed by atoms with Gasteiger partial charge in [-0.05, 0) is 23.8 Å². The Bertz CT molecular complexity index is 1120. The Morgan fingerprint density at radius 1 is 1.43 bits per heavy atom. The SMILES string of the molecule is CCCCC#Cc1nc(Cl)c2nc(-c3cccs3)n(C3OCCC3OC(C)=O)c2n1. The van der Waals surface area contributed by atoms with Crippen LogP contribution in [0.15, 0.2) is 17.5 Å². The number of imidazole rings is 1. The highest BCUT2D eigenvalue weighted by Gasteiger charge is 2.36. The van der Waals surface area contributed by atoms with Crippen molar-refractivity contribution in [1.29, 1.82) is 0 Å². The molecule has 0 saturated carbocycles. The lowest BCUT2D eigenvalue weighted by Crippen LogP contribution is -2.25. The van der Waals surface area contributed by atoms with Crippen molar-refractivity contribution in [3.8, 4) is 22.5 Å². The average Bonchev–Trinajstić information content (AvgIpc) is 3.44. The quantitative estimate of drug-likeness (QED) is 0.247. The lowest BCUT2D eigenvalue weighted by molar-refractivity contribution is -0.151. The highest BCUT2D eigenvalue weighted by molar-refractivity contribution is 7.13. The van der Waals surface area contributed by atoms with Gasteiger partial charge in [0.2, 0.25) is 5.82 Å². The molecule has 156 valence electrons. The molecule has 4 rings (SSSR count). The number of hydrogen-bond acceptors (Lipinski definition) is 7. The molecule has 0 bridgehead atoms. The smallest absolute Gasteiger partial charge is 0.303 e. The minimum absolute atomic E-state index is 0.235. The zero-order valence-electron chi connectivity index (χ0n) is 16.7. The molecular weight excluding hydrogens is 424 g/mol. The number of thiophene rings is 1. The number of carbonyl (C=O) groups excluding carboxylic acids is 1. The van der Waals surface area contributed by atoms with Gasteiger partial charge < -0.3 is 9.47 Å². The number of aromatic nitrogens is 4. The molecule has 1 aliphatic rings. The van der Waals surface area contributed by atoms with Crippen molar-refractivity contribution >= 4 is 40.1 Å². The van der Waals surface area contributed by atoms with Crippen LogP contribution >= 0.6 is 22.9 Å². The predicted octanol–water partition coefficient (Wildman–Crippen LogP) is 4.60. The highest BCUT2D eigenvalue weighted by atomic mass is 35.5. The monoisotopic (exact) mass is 444 g/mol. The zero-order valence-corrected chi connectivity index (χ0v) is 18.3. The van der Waals surface area contributed by atoms with Gasteiger partial charge in [0.1, 0.15) is 11.6 Å². The maximum Gasteiger partial charge on any atom is 0.303 e. The van der Waals surface area contributed by atoms with Crippen LogP contribution in [0.1, 0.15) is 51.6 Å². The van der Waals surface area contributed by atoms with Crippen LogP contribution in [0.4, 0.5) is 0 Å². The maximum absolute atomic E-state index is 11.6. The summed E-state index contributed by atoms with van der Waals surface area (Å²) in [7, 11) is 0. The molecule has 4 heterocycles. The van der Waals surface area contributed by atoms with Crippen molar-refractivity contribution in [1.82, 2.24) is 19.5 Å². The number of hydrogen-bond donors (Lipinski definition) is 0. The van der Waals surface area contributed by atoms with E-state index in [1.165, 1.54) is 6.92 Å². The van der Waals surface area contributed by atoms with Gasteiger partial charge in [0.25, 0.3) is 0 Å². The van der Waals surface area contributed by atoms with Gasteiger partial charge in [-0.2, -0.15) is 0 Å². The number of esters is 1. The molecule has 0 N–H and O–H groups in total. The Labute approximate surface area is 183 Å². The number of rotatable bonds is 5. The van der Waals surface area contributed by atoms with Crippen LogP contribution in [0.25, 0.3) is 21.9 Å². The van der Waals surface area contributed by atoms with E-state index in [9.17, 15) is 4.79 Å². The first kappa shape index (κ1) is 20.8. The molecule has 1 saturated heterocycles. The molecule has 2 atom stereocenters. The Morgan fingerprint density at radius 2 is 2.30 bits per heavy atom. The van der Waals surface area contributed by atoms with E-state index in [0.717, 1.165) is 24.1 Å². The van der Waals surface area contributed by atoms with Gasteiger partial charge in [-0.3, -0.25) is 9.36 Å². The predicted molar refractivity (Wildman–Crippen MR) is 115 cm³/mol. The first-order chi connectivity index (χ1) is 14.6. The van der Waals surface area contributed by atoms with Gasteiger partial charge in [0.15, 0.2) is 22.9 Å². The topological polar surface area (TPSA) is 79.1 Å². The molecule has 9 heteroatoms. The second kappa shape index (κ2) is 9.13. The second-order valence-corrected chi connectivity index (χ2v) is 8.20. The van der Waals surface area contributed by atoms with E-state index in [2.05, 4.69) is 28.7 Å². The van der Waals surface area contributed by atoms with E-state index < -0.39 is 12.3 Å². The number of fused-ring (bicyclic) bond motifs is 1. The molecule has 0 aromatic carbocycles. The zero-order chi connectivity index (χ0) is 21.1. The van der Waals surface area contributed by atoms with E-state index in [4.69, 9.17) is 26.1 Å². The third-order valence-electron chi connectivity index (χ3n) is 4.68. The molecule has 3 aromatic rings. The van der Waals surface area contributed by atoms with E-state index in [1.807, 2.05) is 22.1 Å². The van der Waals surface area contributed by atoms with Gasteiger partial charge in [-0.25, -0.2) is 15.0 Å². The second-order valence-electron chi connectivity index (χ2n) is 6.90. The Morgan fingerprint density at radius 3 is 3.03 bits per heavy atom. The average molecular weight is 445 g/mol. The van der Waals surface area contributed by atoms with Gasteiger partial charge in [-0.1, -0.05) is 36.9 Å². The largest absolute Gasteiger partial charge is 0.458 e. The van der Waals surface area contributed by atoms with Crippen molar-refractivity contribution < 1.29 is 14.3 Å². The molecular formula is C21H21ClN4O3S. The molecule has 0 radical (unpaired) electrons. The highest BCUT2D eigenvalue weighted by Crippen LogP contribution is 2.37. The number of carbonyl (C=O) groups is 1. The van der Waals surface area contributed by atoms with E-state index >= 15 is 0 Å². The van der Waals surface area contributed by atoms with Crippen LogP contribution in [-0.4, -0.2) is 38.2 Å². The lowest BCUT2D eigenvalue weighted by atomic mass is 10.2. The van der Waals surface area contributed by atoms with E-state index in [0.29, 0.717) is 35.8 Å². The summed E-state index contributed by atoms with van der Waals surface area (Å²) in [4.78, 5) is 26.2. The molecule has 1 fully saturated rings. The molecule has 0 aliphatic carbocycles. The summed E-state index contributed by atoms with van der Waals surface area (Å²) in [5.41, 5.74) is 0.985. The van der Waals surface area contributed by atoms with Crippen LogP contribution in [-0.2, 0) is 14.3 Å². The van der Waals surface area contributed by atoms with E-state index in [1.54, 1.807) is 11.3 Å². The molecule has 7 nitrogen and oxygen atoms in total. The van der Waals surface area contributed by atoms with Crippen molar-refractivity contribution in [2.75, 3.05) is 6.61 Å². The number of halogens is 1. The number of ether oxygens (including phenoxy) is 2. The Hall–Kier alpha value is -2.47. The molecule has 1 aliphatic heterocycles. The van der Waals surface area contributed by atoms with Gasteiger partial charge >= 0.3 is 5.97 Å². The molecule has 0 spiro atoms. The van der Waals surface area contributed by atoms with E-state index in [-0.39, 0.29) is 11.1 Å². The minimum atomic E-state index is -0.553. The lowest BCUT2D eigenvalue weighted by Gasteiger charge is -2.21. The summed E-state index contributed by atoms with van der Waals surface area (Å²) in [5.74, 6) is 6.72. The van der Waals surface area contributed by atoms with Crippen LogP contribution in [0.3, 0.4) is 0 Å². The standard InChI is InChI=1S/C21H21ClN4O3S/c1-3-4-5-6-9-16-23-18(22)17-20(24-16)26(19(25-17)15-8-7-12-30-15)21-14(10-11-28-21)29-13(2)27/h7-8,12,14,21H,3-5,10-11H2,1-2H3. The van der Waals surface area contributed by atoms with Crippen molar-refractivity contribution in [2.45, 2.75) is 51.9 Å². The number of nitrogens with zero attached hydrogens (tertiary/aromatic N) is 4. The normalized spacial score (nSPS) is 18.4. The fourth-order valence-electron chi connectivity index (χ4n) is 3.35. The summed E-state index contributed by atoms with van der Waals surface area (Å²) in [6.07, 6.45) is 2.46. The van der Waals surface area contributed by atoms with Gasteiger partial charge in [0.05, 0.1) is 11.5 Å². The fourth-order valence-corrected chi connectivity index (χ4v) is 4.27. The molecule has 3 aromatic heterocycles. The minimum Gasteiger partial charge on any atom is -0.458 e. The third-order valence-corrected chi connectivity index (χ3v) is 5.80. The van der Waals surface area contributed by atoms with Gasteiger partial charge in [0, 0.05) is 19.8 Å². The van der Waals surface area contributed by atoms with Gasteiger partial charge in [-0.15, -0.1) is 11.3 Å². The third kappa shape index (κ3) is 4.19. The van der Waals surface area contributed by atoms with Crippen molar-refractivity contribution in [3.63, 3.8) is 0 Å². The first-order valence-corrected chi connectivity index (χ1v) is 11.1. The summed E-state index contributed by atoms with van der Waals surface area (Å²) >= 11 is 8.00. The Kier molecular flexibility index (Phi) is 6.32. The van der Waals surface area contributed by atoms with Crippen molar-refractivity contribution in [2.24, 2.45) is 0 Å². The maximum atomic E-state index is 11.6. The Balaban J connectivity index is 1.86. The molecule has 0 amide bonds. The molecule has 2 unspecified atom stereocenters. The fraction of sp³-hybridized carbons (Fsp3) is 0.429. The summed E-state index contributed by atoms with van der Waals surface area (Å²) in [6.45, 7) is 3.98.